The van der Waals surface area contributed by atoms with E-state index in [1.807, 2.05) is 0 Å². The molecule has 0 saturated carbocycles. The molecular weight excluding hydrogens is 352 g/mol. The summed E-state index contributed by atoms with van der Waals surface area (Å²) in [6.07, 6.45) is 13.8. The Morgan fingerprint density at radius 1 is 0.846 bits per heavy atom. The van der Waals surface area contributed by atoms with Gasteiger partial charge in [-0.2, -0.15) is 8.42 Å². The number of carbonyl (C=O) groups is 1. The largest absolute Gasteiger partial charge is 0.427 e. The lowest BCUT2D eigenvalue weighted by Crippen LogP contribution is -2.07. The quantitative estimate of drug-likeness (QED) is 0.197. The minimum absolute atomic E-state index is 0.220. The molecule has 0 bridgehead atoms. The minimum Gasteiger partial charge on any atom is -0.427 e. The van der Waals surface area contributed by atoms with Gasteiger partial charge in [0.2, 0.25) is 0 Å². The molecule has 0 aliphatic rings. The van der Waals surface area contributed by atoms with E-state index in [0.717, 1.165) is 19.3 Å². The third kappa shape index (κ3) is 10.6. The van der Waals surface area contributed by atoms with Gasteiger partial charge in [0.1, 0.15) is 5.75 Å². The third-order valence-electron chi connectivity index (χ3n) is 4.34. The van der Waals surface area contributed by atoms with Crippen molar-refractivity contribution in [1.82, 2.24) is 0 Å². The zero-order valence-corrected chi connectivity index (χ0v) is 16.6. The van der Waals surface area contributed by atoms with Crippen molar-refractivity contribution in [2.75, 3.05) is 0 Å². The highest BCUT2D eigenvalue weighted by Crippen LogP contribution is 2.17. The first-order valence-corrected chi connectivity index (χ1v) is 11.2. The SMILES string of the molecule is CCCCCCCCCCCCCC(=O)Oc1ccc(S(=O)(=O)O)cc1. The number of ether oxygens (including phenoxy) is 1. The van der Waals surface area contributed by atoms with Crippen LogP contribution in [0, 0.1) is 0 Å². The molecular formula is C20H32O5S. The summed E-state index contributed by atoms with van der Waals surface area (Å²) in [5.74, 6) is -0.0361. The second kappa shape index (κ2) is 12.9. The van der Waals surface area contributed by atoms with Gasteiger partial charge < -0.3 is 4.74 Å². The molecule has 6 heteroatoms. The van der Waals surface area contributed by atoms with E-state index < -0.39 is 10.1 Å². The monoisotopic (exact) mass is 384 g/mol. The van der Waals surface area contributed by atoms with Crippen LogP contribution in [0.1, 0.15) is 84.0 Å². The van der Waals surface area contributed by atoms with E-state index in [-0.39, 0.29) is 16.6 Å². The number of unbranched alkanes of at least 4 members (excludes halogenated alkanes) is 10. The Kier molecular flexibility index (Phi) is 11.2. The fourth-order valence-corrected chi connectivity index (χ4v) is 3.28. The lowest BCUT2D eigenvalue weighted by atomic mass is 10.1. The average Bonchev–Trinajstić information content (AvgIpc) is 2.59. The van der Waals surface area contributed by atoms with E-state index in [9.17, 15) is 13.2 Å². The first-order valence-electron chi connectivity index (χ1n) is 9.71. The van der Waals surface area contributed by atoms with Gasteiger partial charge in [-0.15, -0.1) is 0 Å². The molecule has 1 aromatic rings. The molecule has 5 nitrogen and oxygen atoms in total. The molecule has 0 unspecified atom stereocenters. The van der Waals surface area contributed by atoms with Crippen molar-refractivity contribution in [2.24, 2.45) is 0 Å². The van der Waals surface area contributed by atoms with Gasteiger partial charge in [-0.3, -0.25) is 9.35 Å². The fourth-order valence-electron chi connectivity index (χ4n) is 2.80. The predicted octanol–water partition coefficient (Wildman–Crippen LogP) is 5.54. The predicted molar refractivity (Wildman–Crippen MR) is 103 cm³/mol. The molecule has 0 aromatic heterocycles. The number of benzene rings is 1. The second-order valence-corrected chi connectivity index (χ2v) is 8.13. The zero-order valence-electron chi connectivity index (χ0n) is 15.8. The highest BCUT2D eigenvalue weighted by Gasteiger charge is 2.10. The first kappa shape index (κ1) is 22.6. The van der Waals surface area contributed by atoms with Gasteiger partial charge in [-0.1, -0.05) is 71.1 Å². The summed E-state index contributed by atoms with van der Waals surface area (Å²) in [6.45, 7) is 2.23. The number of esters is 1. The molecule has 0 saturated heterocycles. The van der Waals surface area contributed by atoms with Crippen LogP contribution in [0.5, 0.6) is 5.75 Å². The van der Waals surface area contributed by atoms with Crippen LogP contribution >= 0.6 is 0 Å². The molecule has 148 valence electrons. The van der Waals surface area contributed by atoms with Crippen molar-refractivity contribution in [1.29, 1.82) is 0 Å². The van der Waals surface area contributed by atoms with Crippen molar-refractivity contribution in [3.8, 4) is 5.75 Å². The normalized spacial score (nSPS) is 11.5. The van der Waals surface area contributed by atoms with E-state index >= 15 is 0 Å². The molecule has 0 radical (unpaired) electrons. The summed E-state index contributed by atoms with van der Waals surface area (Å²) < 4.78 is 35.9. The highest BCUT2D eigenvalue weighted by atomic mass is 32.2. The summed E-state index contributed by atoms with van der Waals surface area (Å²) in [5.41, 5.74) is 0. The van der Waals surface area contributed by atoms with Crippen LogP contribution in [0.2, 0.25) is 0 Å². The molecule has 1 N–H and O–H groups in total. The molecule has 0 fully saturated rings. The maximum absolute atomic E-state index is 11.8. The summed E-state index contributed by atoms with van der Waals surface area (Å²) in [7, 11) is -4.22. The number of rotatable bonds is 14. The highest BCUT2D eigenvalue weighted by molar-refractivity contribution is 7.85. The van der Waals surface area contributed by atoms with Gasteiger partial charge in [0.05, 0.1) is 4.90 Å². The van der Waals surface area contributed by atoms with Crippen LogP contribution in [0.15, 0.2) is 29.2 Å². The van der Waals surface area contributed by atoms with Crippen molar-refractivity contribution >= 4 is 16.1 Å². The first-order chi connectivity index (χ1) is 12.4. The zero-order chi connectivity index (χ0) is 19.3. The summed E-state index contributed by atoms with van der Waals surface area (Å²) in [6, 6.07) is 5.14. The van der Waals surface area contributed by atoms with Gasteiger partial charge in [0.15, 0.2) is 0 Å². The van der Waals surface area contributed by atoms with Crippen molar-refractivity contribution in [3.05, 3.63) is 24.3 Å². The minimum atomic E-state index is -4.22. The average molecular weight is 385 g/mol. The standard InChI is InChI=1S/C20H32O5S/c1-2-3-4-5-6-7-8-9-10-11-12-13-20(21)25-18-14-16-19(17-15-18)26(22,23)24/h14-17H,2-13H2,1H3,(H,22,23,24). The molecule has 0 aliphatic heterocycles. The van der Waals surface area contributed by atoms with Gasteiger partial charge in [0, 0.05) is 6.42 Å². The molecule has 0 aliphatic carbocycles. The Labute approximate surface area is 157 Å². The molecule has 0 spiro atoms. The maximum atomic E-state index is 11.8. The van der Waals surface area contributed by atoms with E-state index in [0.29, 0.717) is 6.42 Å². The molecule has 0 amide bonds. The van der Waals surface area contributed by atoms with E-state index in [4.69, 9.17) is 9.29 Å². The van der Waals surface area contributed by atoms with E-state index in [1.165, 1.54) is 75.6 Å². The van der Waals surface area contributed by atoms with Crippen LogP contribution < -0.4 is 4.74 Å². The summed E-state index contributed by atoms with van der Waals surface area (Å²) in [4.78, 5) is 11.5. The molecule has 0 atom stereocenters. The van der Waals surface area contributed by atoms with E-state index in [1.54, 1.807) is 0 Å². The van der Waals surface area contributed by atoms with Crippen molar-refractivity contribution < 1.29 is 22.5 Å². The van der Waals surface area contributed by atoms with Crippen LogP contribution in [0.4, 0.5) is 0 Å². The summed E-state index contributed by atoms with van der Waals surface area (Å²) >= 11 is 0. The Bertz CT molecular complexity index is 608. The van der Waals surface area contributed by atoms with E-state index in [2.05, 4.69) is 6.92 Å². The van der Waals surface area contributed by atoms with Crippen LogP contribution in [-0.2, 0) is 14.9 Å². The third-order valence-corrected chi connectivity index (χ3v) is 5.21. The fraction of sp³-hybridized carbons (Fsp3) is 0.650. The lowest BCUT2D eigenvalue weighted by molar-refractivity contribution is -0.134. The van der Waals surface area contributed by atoms with Crippen molar-refractivity contribution in [2.45, 2.75) is 88.9 Å². The Hall–Kier alpha value is -1.40. The van der Waals surface area contributed by atoms with Crippen molar-refractivity contribution in [3.63, 3.8) is 0 Å². The maximum Gasteiger partial charge on any atom is 0.311 e. The molecule has 1 rings (SSSR count). The molecule has 0 heterocycles. The number of hydrogen-bond acceptors (Lipinski definition) is 4. The Morgan fingerprint density at radius 3 is 1.77 bits per heavy atom. The topological polar surface area (TPSA) is 80.7 Å². The second-order valence-electron chi connectivity index (χ2n) is 6.71. The van der Waals surface area contributed by atoms with Gasteiger partial charge >= 0.3 is 5.97 Å². The lowest BCUT2D eigenvalue weighted by Gasteiger charge is -2.05. The smallest absolute Gasteiger partial charge is 0.311 e. The van der Waals surface area contributed by atoms with Gasteiger partial charge in [-0.05, 0) is 30.7 Å². The number of hydrogen-bond donors (Lipinski definition) is 1. The molecule has 26 heavy (non-hydrogen) atoms. The summed E-state index contributed by atoms with van der Waals surface area (Å²) in [5, 5.41) is 0. The van der Waals surface area contributed by atoms with Gasteiger partial charge in [-0.25, -0.2) is 0 Å². The van der Waals surface area contributed by atoms with Gasteiger partial charge in [0.25, 0.3) is 10.1 Å². The Morgan fingerprint density at radius 2 is 1.31 bits per heavy atom. The number of carbonyl (C=O) groups excluding carboxylic acids is 1. The van der Waals surface area contributed by atoms with Crippen LogP contribution in [0.3, 0.4) is 0 Å². The van der Waals surface area contributed by atoms with Crippen LogP contribution in [-0.4, -0.2) is 18.9 Å². The molecule has 1 aromatic carbocycles. The van der Waals surface area contributed by atoms with Crippen LogP contribution in [0.25, 0.3) is 0 Å². The Balaban J connectivity index is 2.05.